The van der Waals surface area contributed by atoms with Crippen molar-refractivity contribution in [3.05, 3.63) is 77.0 Å². The number of fused-ring (bicyclic) bond motifs is 1. The van der Waals surface area contributed by atoms with Crippen LogP contribution in [0.3, 0.4) is 0 Å². The van der Waals surface area contributed by atoms with Gasteiger partial charge in [0.2, 0.25) is 0 Å². The first kappa shape index (κ1) is 24.7. The summed E-state index contributed by atoms with van der Waals surface area (Å²) in [6.45, 7) is 9.29. The molecule has 1 fully saturated rings. The zero-order valence-electron chi connectivity index (χ0n) is 21.5. The third-order valence-corrected chi connectivity index (χ3v) is 6.69. The third-order valence-electron chi connectivity index (χ3n) is 6.69. The maximum Gasteiger partial charge on any atom is 0.317 e. The molecule has 0 atom stereocenters. The first-order valence-electron chi connectivity index (χ1n) is 12.8. The molecule has 1 aliphatic heterocycles. The summed E-state index contributed by atoms with van der Waals surface area (Å²) in [7, 11) is 0. The minimum absolute atomic E-state index is 0.0300. The van der Waals surface area contributed by atoms with Crippen molar-refractivity contribution in [2.45, 2.75) is 33.6 Å². The first-order valence-corrected chi connectivity index (χ1v) is 12.8. The van der Waals surface area contributed by atoms with E-state index in [-0.39, 0.29) is 11.8 Å². The Morgan fingerprint density at radius 3 is 2.46 bits per heavy atom. The highest BCUT2D eigenvalue weighted by molar-refractivity contribution is 5.91. The highest BCUT2D eigenvalue weighted by Gasteiger charge is 2.25. The van der Waals surface area contributed by atoms with Crippen LogP contribution in [0.5, 0.6) is 0 Å². The number of aryl methyl sites for hydroxylation is 2. The van der Waals surface area contributed by atoms with Crippen LogP contribution in [-0.2, 0) is 6.42 Å². The number of halogens is 1. The minimum Gasteiger partial charge on any atom is -0.354 e. The molecule has 9 heteroatoms. The SMILES string of the molecule is CCNC(=O)N1CCCN(c2nc(Cc3ccc(C)cc3)nc3c2c(C)nn3-c2ccc(F)cc2)CC1. The number of hydrogen-bond donors (Lipinski definition) is 1. The molecule has 5 rings (SSSR count). The van der Waals surface area contributed by atoms with Crippen molar-refractivity contribution in [3.8, 4) is 5.69 Å². The molecule has 0 saturated carbocycles. The fourth-order valence-corrected chi connectivity index (χ4v) is 4.76. The largest absolute Gasteiger partial charge is 0.354 e. The van der Waals surface area contributed by atoms with Gasteiger partial charge in [-0.15, -0.1) is 0 Å². The Bertz CT molecular complexity index is 1400. The number of anilines is 1. The van der Waals surface area contributed by atoms with Crippen LogP contribution < -0.4 is 10.2 Å². The van der Waals surface area contributed by atoms with Gasteiger partial charge in [-0.2, -0.15) is 5.10 Å². The number of benzene rings is 2. The summed E-state index contributed by atoms with van der Waals surface area (Å²) in [5.74, 6) is 1.23. The van der Waals surface area contributed by atoms with Crippen molar-refractivity contribution in [2.75, 3.05) is 37.6 Å². The second-order valence-electron chi connectivity index (χ2n) is 9.46. The van der Waals surface area contributed by atoms with Crippen LogP contribution in [0.2, 0.25) is 0 Å². The standard InChI is InChI=1S/C28H32FN7O/c1-4-30-28(37)35-15-5-14-34(16-17-35)26-25-20(3)33-36(23-12-10-22(29)11-13-23)27(25)32-24(31-26)18-21-8-6-19(2)7-9-21/h6-13H,4-5,14-18H2,1-3H3,(H,30,37). The predicted octanol–water partition coefficient (Wildman–Crippen LogP) is 4.40. The Kier molecular flexibility index (Phi) is 7.03. The molecule has 0 bridgehead atoms. The van der Waals surface area contributed by atoms with Gasteiger partial charge in [0.25, 0.3) is 0 Å². The zero-order valence-corrected chi connectivity index (χ0v) is 21.5. The summed E-state index contributed by atoms with van der Waals surface area (Å²) in [5.41, 5.74) is 4.57. The molecule has 3 heterocycles. The van der Waals surface area contributed by atoms with E-state index >= 15 is 0 Å². The molecule has 0 spiro atoms. The zero-order chi connectivity index (χ0) is 25.9. The molecule has 0 aliphatic carbocycles. The van der Waals surface area contributed by atoms with Gasteiger partial charge in [0, 0.05) is 39.1 Å². The van der Waals surface area contributed by atoms with Crippen molar-refractivity contribution in [1.29, 1.82) is 0 Å². The van der Waals surface area contributed by atoms with Crippen LogP contribution in [0, 0.1) is 19.7 Å². The van der Waals surface area contributed by atoms with Crippen molar-refractivity contribution < 1.29 is 9.18 Å². The lowest BCUT2D eigenvalue weighted by molar-refractivity contribution is 0.202. The van der Waals surface area contributed by atoms with Crippen LogP contribution in [0.4, 0.5) is 15.0 Å². The third kappa shape index (κ3) is 5.26. The fraction of sp³-hybridized carbons (Fsp3) is 0.357. The number of carbonyl (C=O) groups excluding carboxylic acids is 1. The second-order valence-corrected chi connectivity index (χ2v) is 9.46. The maximum atomic E-state index is 13.6. The van der Waals surface area contributed by atoms with Crippen molar-refractivity contribution in [2.24, 2.45) is 0 Å². The lowest BCUT2D eigenvalue weighted by Gasteiger charge is -2.24. The first-order chi connectivity index (χ1) is 17.9. The summed E-state index contributed by atoms with van der Waals surface area (Å²) in [6, 6.07) is 14.6. The summed E-state index contributed by atoms with van der Waals surface area (Å²) < 4.78 is 15.4. The molecule has 0 unspecified atom stereocenters. The smallest absolute Gasteiger partial charge is 0.317 e. The van der Waals surface area contributed by atoms with E-state index in [1.807, 2.05) is 18.7 Å². The molecule has 1 saturated heterocycles. The molecule has 2 aromatic heterocycles. The van der Waals surface area contributed by atoms with E-state index in [2.05, 4.69) is 41.4 Å². The van der Waals surface area contributed by atoms with E-state index in [0.717, 1.165) is 41.1 Å². The van der Waals surface area contributed by atoms with E-state index in [0.29, 0.717) is 44.1 Å². The van der Waals surface area contributed by atoms with E-state index in [1.165, 1.54) is 17.7 Å². The maximum absolute atomic E-state index is 13.6. The molecule has 37 heavy (non-hydrogen) atoms. The fourth-order valence-electron chi connectivity index (χ4n) is 4.76. The highest BCUT2D eigenvalue weighted by atomic mass is 19.1. The van der Waals surface area contributed by atoms with Gasteiger partial charge in [-0.3, -0.25) is 0 Å². The Labute approximate surface area is 216 Å². The summed E-state index contributed by atoms with van der Waals surface area (Å²) >= 11 is 0. The van der Waals surface area contributed by atoms with Gasteiger partial charge in [-0.25, -0.2) is 23.8 Å². The quantitative estimate of drug-likeness (QED) is 0.439. The Morgan fingerprint density at radius 1 is 0.973 bits per heavy atom. The van der Waals surface area contributed by atoms with Gasteiger partial charge in [-0.1, -0.05) is 29.8 Å². The van der Waals surface area contributed by atoms with Crippen molar-refractivity contribution in [3.63, 3.8) is 0 Å². The molecule has 0 radical (unpaired) electrons. The number of nitrogens with zero attached hydrogens (tertiary/aromatic N) is 6. The lowest BCUT2D eigenvalue weighted by atomic mass is 10.1. The van der Waals surface area contributed by atoms with Crippen LogP contribution in [0.1, 0.15) is 36.0 Å². The Morgan fingerprint density at radius 2 is 1.73 bits per heavy atom. The highest BCUT2D eigenvalue weighted by Crippen LogP contribution is 2.30. The van der Waals surface area contributed by atoms with Gasteiger partial charge < -0.3 is 15.1 Å². The molecule has 1 N–H and O–H groups in total. The lowest BCUT2D eigenvalue weighted by Crippen LogP contribution is -2.42. The number of aromatic nitrogens is 4. The van der Waals surface area contributed by atoms with Crippen LogP contribution >= 0.6 is 0 Å². The molecular weight excluding hydrogens is 469 g/mol. The number of nitrogens with one attached hydrogen (secondary N) is 1. The van der Waals surface area contributed by atoms with Crippen LogP contribution in [-0.4, -0.2) is 63.4 Å². The van der Waals surface area contributed by atoms with E-state index in [4.69, 9.17) is 15.1 Å². The molecule has 192 valence electrons. The number of rotatable bonds is 5. The van der Waals surface area contributed by atoms with Gasteiger partial charge in [0.05, 0.1) is 16.8 Å². The molecular formula is C28H32FN7O. The minimum atomic E-state index is -0.298. The van der Waals surface area contributed by atoms with E-state index in [1.54, 1.807) is 16.8 Å². The summed E-state index contributed by atoms with van der Waals surface area (Å²) in [5, 5.41) is 8.57. The Hall–Kier alpha value is -4.01. The number of carbonyl (C=O) groups is 1. The molecule has 4 aromatic rings. The van der Waals surface area contributed by atoms with Gasteiger partial charge in [0.15, 0.2) is 5.65 Å². The monoisotopic (exact) mass is 501 g/mol. The number of amides is 2. The van der Waals surface area contributed by atoms with E-state index in [9.17, 15) is 9.18 Å². The van der Waals surface area contributed by atoms with Crippen molar-refractivity contribution in [1.82, 2.24) is 30.0 Å². The molecule has 2 amide bonds. The number of urea groups is 1. The van der Waals surface area contributed by atoms with Gasteiger partial charge in [-0.05, 0) is 57.0 Å². The Balaban J connectivity index is 1.58. The average molecular weight is 502 g/mol. The normalized spacial score (nSPS) is 14.2. The molecule has 1 aliphatic rings. The van der Waals surface area contributed by atoms with Gasteiger partial charge in [0.1, 0.15) is 17.5 Å². The van der Waals surface area contributed by atoms with Crippen LogP contribution in [0.25, 0.3) is 16.7 Å². The number of hydrogen-bond acceptors (Lipinski definition) is 5. The van der Waals surface area contributed by atoms with E-state index < -0.39 is 0 Å². The summed E-state index contributed by atoms with van der Waals surface area (Å²) in [4.78, 5) is 26.6. The van der Waals surface area contributed by atoms with Crippen molar-refractivity contribution >= 4 is 22.9 Å². The second kappa shape index (κ2) is 10.5. The van der Waals surface area contributed by atoms with Crippen LogP contribution in [0.15, 0.2) is 48.5 Å². The summed E-state index contributed by atoms with van der Waals surface area (Å²) in [6.07, 6.45) is 1.41. The molecule has 8 nitrogen and oxygen atoms in total. The average Bonchev–Trinajstić information content (AvgIpc) is 3.05. The topological polar surface area (TPSA) is 79.2 Å². The predicted molar refractivity (Wildman–Crippen MR) is 143 cm³/mol. The molecule has 2 aromatic carbocycles. The van der Waals surface area contributed by atoms with Gasteiger partial charge >= 0.3 is 6.03 Å².